The molecule has 0 bridgehead atoms. The second-order valence-corrected chi connectivity index (χ2v) is 27.1. The van der Waals surface area contributed by atoms with Gasteiger partial charge in [0.05, 0.1) is 0 Å². The molecule has 4 aromatic rings. The van der Waals surface area contributed by atoms with Gasteiger partial charge in [0.2, 0.25) is 0 Å². The van der Waals surface area contributed by atoms with Crippen LogP contribution in [-0.4, -0.2) is 9.52 Å². The Morgan fingerprint density at radius 1 is 0.842 bits per heavy atom. The number of halogens is 2. The summed E-state index contributed by atoms with van der Waals surface area (Å²) in [7, 11) is 15.1. The van der Waals surface area contributed by atoms with Gasteiger partial charge in [-0.05, 0) is 0 Å². The van der Waals surface area contributed by atoms with Crippen LogP contribution in [0.15, 0.2) is 90.5 Å². The van der Waals surface area contributed by atoms with Crippen LogP contribution >= 0.6 is 17.0 Å². The van der Waals surface area contributed by atoms with Crippen LogP contribution in [0.2, 0.25) is 0 Å². The first-order valence-corrected chi connectivity index (χ1v) is 24.3. The second-order valence-electron chi connectivity index (χ2n) is 11.3. The number of fused-ring (bicyclic) bond motifs is 4. The van der Waals surface area contributed by atoms with Crippen LogP contribution in [0, 0.1) is 5.92 Å². The molecule has 0 fully saturated rings. The third-order valence-corrected chi connectivity index (χ3v) is 22.5. The third kappa shape index (κ3) is 4.56. The van der Waals surface area contributed by atoms with Crippen molar-refractivity contribution in [2.75, 3.05) is 0 Å². The molecule has 4 heteroatoms. The predicted molar refractivity (Wildman–Crippen MR) is 167 cm³/mol. The van der Waals surface area contributed by atoms with Crippen LogP contribution in [0.1, 0.15) is 53.9 Å². The molecular formula is C34H34Cl2SiZr. The topological polar surface area (TPSA) is 0 Å². The monoisotopic (exact) mass is 630 g/mol. The van der Waals surface area contributed by atoms with Gasteiger partial charge in [0, 0.05) is 0 Å². The molecule has 0 saturated carbocycles. The van der Waals surface area contributed by atoms with Gasteiger partial charge in [-0.2, -0.15) is 0 Å². The van der Waals surface area contributed by atoms with Gasteiger partial charge in [-0.15, -0.1) is 0 Å². The molecule has 1 aliphatic heterocycles. The molecule has 4 aromatic carbocycles. The first-order valence-electron chi connectivity index (χ1n) is 13.9. The molecule has 2 aliphatic rings. The summed E-state index contributed by atoms with van der Waals surface area (Å²) in [6.45, 7) is 6.89. The SMILES string of the molecule is CCCc1ccc2c(c1-c1ccccc1)C=C(CC(C)C)[CH]2[Zr]([Cl])([Cl])[c]1cccc2c1[SiH2]c1ccccc1-2. The predicted octanol–water partition coefficient (Wildman–Crippen LogP) is 7.68. The Labute approximate surface area is 241 Å². The molecule has 0 radical (unpaired) electrons. The molecule has 0 aromatic heterocycles. The fraction of sp³-hybridized carbons (Fsp3) is 0.235. The maximum absolute atomic E-state index is 7.86. The van der Waals surface area contributed by atoms with Crippen molar-refractivity contribution in [3.63, 3.8) is 0 Å². The van der Waals surface area contributed by atoms with Crippen LogP contribution in [0.5, 0.6) is 0 Å². The average molecular weight is 633 g/mol. The Morgan fingerprint density at radius 3 is 2.34 bits per heavy atom. The minimum absolute atomic E-state index is 0.132. The molecule has 1 unspecified atom stereocenters. The molecule has 1 atom stereocenters. The Bertz CT molecular complexity index is 1540. The number of hydrogen-bond acceptors (Lipinski definition) is 0. The summed E-state index contributed by atoms with van der Waals surface area (Å²) in [5.41, 5.74) is 11.0. The van der Waals surface area contributed by atoms with Crippen molar-refractivity contribution >= 4 is 46.3 Å². The van der Waals surface area contributed by atoms with Gasteiger partial charge < -0.3 is 0 Å². The number of allylic oxidation sites excluding steroid dienone is 1. The van der Waals surface area contributed by atoms with E-state index in [1.54, 1.807) is 0 Å². The molecule has 0 amide bonds. The fourth-order valence-electron chi connectivity index (χ4n) is 6.68. The summed E-state index contributed by atoms with van der Waals surface area (Å²) in [5.74, 6) is 0.545. The Kier molecular flexibility index (Phi) is 7.47. The Balaban J connectivity index is 1.54. The summed E-state index contributed by atoms with van der Waals surface area (Å²) < 4.78 is 1.45. The van der Waals surface area contributed by atoms with Crippen LogP contribution in [0.4, 0.5) is 0 Å². The van der Waals surface area contributed by atoms with Gasteiger partial charge in [-0.1, -0.05) is 0 Å². The second kappa shape index (κ2) is 10.7. The molecule has 192 valence electrons. The number of aryl methyl sites for hydroxylation is 1. The molecule has 0 N–H and O–H groups in total. The first-order chi connectivity index (χ1) is 18.4. The summed E-state index contributed by atoms with van der Waals surface area (Å²) >= 11 is -3.96. The van der Waals surface area contributed by atoms with Crippen molar-refractivity contribution in [1.82, 2.24) is 0 Å². The van der Waals surface area contributed by atoms with Gasteiger partial charge in [0.1, 0.15) is 0 Å². The van der Waals surface area contributed by atoms with E-state index in [2.05, 4.69) is 112 Å². The molecule has 38 heavy (non-hydrogen) atoms. The Hall–Kier alpha value is -1.70. The van der Waals surface area contributed by atoms with Gasteiger partial charge in [0.15, 0.2) is 0 Å². The fourth-order valence-corrected chi connectivity index (χ4v) is 23.5. The van der Waals surface area contributed by atoms with Crippen LogP contribution < -0.4 is 13.6 Å². The number of hydrogen-bond donors (Lipinski definition) is 0. The Morgan fingerprint density at radius 2 is 1.58 bits per heavy atom. The zero-order valence-electron chi connectivity index (χ0n) is 22.4. The number of rotatable bonds is 7. The van der Waals surface area contributed by atoms with E-state index in [0.717, 1.165) is 19.3 Å². The van der Waals surface area contributed by atoms with Gasteiger partial charge in [0.25, 0.3) is 0 Å². The van der Waals surface area contributed by atoms with E-state index in [1.165, 1.54) is 58.2 Å². The summed E-state index contributed by atoms with van der Waals surface area (Å²) in [6.07, 6.45) is 5.70. The van der Waals surface area contributed by atoms with E-state index in [1.807, 2.05) is 0 Å². The van der Waals surface area contributed by atoms with Crippen LogP contribution in [0.3, 0.4) is 0 Å². The van der Waals surface area contributed by atoms with E-state index in [4.69, 9.17) is 17.0 Å². The zero-order valence-corrected chi connectivity index (χ0v) is 27.8. The number of benzene rings is 4. The van der Waals surface area contributed by atoms with Crippen LogP contribution in [-0.2, 0) is 24.3 Å². The van der Waals surface area contributed by atoms with Crippen molar-refractivity contribution in [3.8, 4) is 22.3 Å². The van der Waals surface area contributed by atoms with Crippen molar-refractivity contribution < 1.29 is 17.9 Å². The summed E-state index contributed by atoms with van der Waals surface area (Å²) in [4.78, 5) is 0. The molecule has 0 nitrogen and oxygen atoms in total. The van der Waals surface area contributed by atoms with Crippen molar-refractivity contribution in [2.45, 2.75) is 43.7 Å². The van der Waals surface area contributed by atoms with E-state index >= 15 is 0 Å². The summed E-state index contributed by atoms with van der Waals surface area (Å²) in [6, 6.07) is 31.3. The third-order valence-electron chi connectivity index (χ3n) is 8.18. The molecule has 1 heterocycles. The molecule has 0 saturated heterocycles. The molecule has 6 rings (SSSR count). The maximum atomic E-state index is 7.86. The van der Waals surface area contributed by atoms with Crippen molar-refractivity contribution in [2.24, 2.45) is 5.92 Å². The van der Waals surface area contributed by atoms with E-state index in [-0.39, 0.29) is 3.63 Å². The normalized spacial score (nSPS) is 16.5. The van der Waals surface area contributed by atoms with Gasteiger partial charge in [-0.25, -0.2) is 0 Å². The zero-order chi connectivity index (χ0) is 26.4. The van der Waals surface area contributed by atoms with Gasteiger partial charge in [-0.3, -0.25) is 0 Å². The van der Waals surface area contributed by atoms with E-state index in [0.29, 0.717) is 5.92 Å². The standard InChI is InChI=1S/C22H25.C12H9Si.2ClH.Zr/c1-4-8-18-11-12-20-14-17(13-16(2)3)15-21(20)22(18)19-9-6-5-7-10-19;1-3-7-11-9(5-1)10-6-2-4-8-12(10)13-11;;;/h5-7,9-12,14-16H,4,8,13H2,1-3H3;1-7H,13H2;2*1H;/q;;;;+2/p-2. The molecule has 0 spiro atoms. The molecular weight excluding hydrogens is 599 g/mol. The summed E-state index contributed by atoms with van der Waals surface area (Å²) in [5, 5.41) is 3.02. The van der Waals surface area contributed by atoms with Crippen LogP contribution in [0.25, 0.3) is 28.3 Å². The van der Waals surface area contributed by atoms with E-state index in [9.17, 15) is 0 Å². The van der Waals surface area contributed by atoms with Crippen molar-refractivity contribution in [1.29, 1.82) is 0 Å². The van der Waals surface area contributed by atoms with Gasteiger partial charge >= 0.3 is 243 Å². The quantitative estimate of drug-likeness (QED) is 0.162. The molecule has 1 aliphatic carbocycles. The van der Waals surface area contributed by atoms with Crippen molar-refractivity contribution in [3.05, 3.63) is 107 Å². The van der Waals surface area contributed by atoms with E-state index < -0.39 is 27.4 Å². The minimum atomic E-state index is -3.96. The first kappa shape index (κ1) is 26.5. The average Bonchev–Trinajstić information content (AvgIpc) is 3.47.